The Morgan fingerprint density at radius 3 is 2.33 bits per heavy atom. The highest BCUT2D eigenvalue weighted by atomic mass is 19.1. The van der Waals surface area contributed by atoms with E-state index in [0.29, 0.717) is 12.1 Å². The van der Waals surface area contributed by atoms with Crippen molar-refractivity contribution in [1.29, 1.82) is 0 Å². The number of amides is 1. The third-order valence-corrected chi connectivity index (χ3v) is 3.31. The second kappa shape index (κ2) is 6.51. The Balaban J connectivity index is 1.96. The van der Waals surface area contributed by atoms with Crippen LogP contribution in [0.15, 0.2) is 12.1 Å². The Bertz CT molecular complexity index is 533. The molecule has 0 saturated heterocycles. The van der Waals surface area contributed by atoms with Crippen molar-refractivity contribution in [2.45, 2.75) is 31.7 Å². The van der Waals surface area contributed by atoms with Gasteiger partial charge in [0.25, 0.3) is 5.91 Å². The molecule has 0 unspecified atom stereocenters. The van der Waals surface area contributed by atoms with Crippen molar-refractivity contribution in [3.05, 3.63) is 29.3 Å². The van der Waals surface area contributed by atoms with Crippen LogP contribution in [0.3, 0.4) is 0 Å². The molecule has 1 saturated carbocycles. The predicted molar refractivity (Wildman–Crippen MR) is 69.2 cm³/mol. The van der Waals surface area contributed by atoms with Crippen molar-refractivity contribution >= 4 is 11.9 Å². The maximum atomic E-state index is 13.6. The van der Waals surface area contributed by atoms with E-state index in [-0.39, 0.29) is 6.04 Å². The van der Waals surface area contributed by atoms with E-state index in [1.165, 1.54) is 0 Å². The summed E-state index contributed by atoms with van der Waals surface area (Å²) in [6, 6.07) is 1.38. The molecular weight excluding hydrogens is 284 g/mol. The van der Waals surface area contributed by atoms with Gasteiger partial charge < -0.3 is 15.2 Å². The fourth-order valence-corrected chi connectivity index (χ4v) is 2.30. The monoisotopic (exact) mass is 299 g/mol. The lowest BCUT2D eigenvalue weighted by atomic mass is 10.2. The zero-order chi connectivity index (χ0) is 15.4. The lowest BCUT2D eigenvalue weighted by molar-refractivity contribution is -0.123. The van der Waals surface area contributed by atoms with E-state index in [1.807, 2.05) is 0 Å². The van der Waals surface area contributed by atoms with Crippen LogP contribution in [0.25, 0.3) is 0 Å². The number of nitrogens with one attached hydrogen (secondary N) is 1. The first-order chi connectivity index (χ1) is 9.97. The van der Waals surface area contributed by atoms with Crippen molar-refractivity contribution in [3.63, 3.8) is 0 Å². The Kier molecular flexibility index (Phi) is 4.72. The van der Waals surface area contributed by atoms with Gasteiger partial charge in [0.15, 0.2) is 24.0 Å². The zero-order valence-electron chi connectivity index (χ0n) is 11.2. The molecule has 7 heteroatoms. The SMILES string of the molecule is O=C(COc1c(F)cc(C(=O)O)cc1F)NC1CCCC1. The minimum absolute atomic E-state index is 0.0881. The van der Waals surface area contributed by atoms with Crippen molar-refractivity contribution < 1.29 is 28.2 Å². The average Bonchev–Trinajstić information content (AvgIpc) is 2.90. The first-order valence-electron chi connectivity index (χ1n) is 6.62. The maximum absolute atomic E-state index is 13.6. The zero-order valence-corrected chi connectivity index (χ0v) is 11.2. The summed E-state index contributed by atoms with van der Waals surface area (Å²) >= 11 is 0. The summed E-state index contributed by atoms with van der Waals surface area (Å²) in [4.78, 5) is 22.2. The molecule has 114 valence electrons. The largest absolute Gasteiger partial charge is 0.478 e. The molecule has 0 atom stereocenters. The topological polar surface area (TPSA) is 75.6 Å². The van der Waals surface area contributed by atoms with E-state index in [0.717, 1.165) is 25.7 Å². The predicted octanol–water partition coefficient (Wildman–Crippen LogP) is 2.10. The van der Waals surface area contributed by atoms with Gasteiger partial charge in [-0.1, -0.05) is 12.8 Å². The van der Waals surface area contributed by atoms with Crippen LogP contribution in [-0.2, 0) is 4.79 Å². The Hall–Kier alpha value is -2.18. The van der Waals surface area contributed by atoms with Crippen molar-refractivity contribution in [3.8, 4) is 5.75 Å². The van der Waals surface area contributed by atoms with Crippen LogP contribution < -0.4 is 10.1 Å². The summed E-state index contributed by atoms with van der Waals surface area (Å²) in [7, 11) is 0. The normalized spacial score (nSPS) is 15.0. The van der Waals surface area contributed by atoms with E-state index in [1.54, 1.807) is 0 Å². The fraction of sp³-hybridized carbons (Fsp3) is 0.429. The standard InChI is InChI=1S/C14H15F2NO4/c15-10-5-8(14(19)20)6-11(16)13(10)21-7-12(18)17-9-3-1-2-4-9/h5-6,9H,1-4,7H2,(H,17,18)(H,19,20). The van der Waals surface area contributed by atoms with Crippen LogP contribution >= 0.6 is 0 Å². The molecule has 2 rings (SSSR count). The second-order valence-corrected chi connectivity index (χ2v) is 4.91. The number of hydrogen-bond acceptors (Lipinski definition) is 3. The maximum Gasteiger partial charge on any atom is 0.335 e. The molecule has 0 aromatic heterocycles. The van der Waals surface area contributed by atoms with Gasteiger partial charge in [0.1, 0.15) is 0 Å². The number of carboxylic acids is 1. The molecule has 1 amide bonds. The summed E-state index contributed by atoms with van der Waals surface area (Å²) < 4.78 is 32.0. The molecule has 1 fully saturated rings. The van der Waals surface area contributed by atoms with Crippen LogP contribution in [0.4, 0.5) is 8.78 Å². The number of benzene rings is 1. The highest BCUT2D eigenvalue weighted by Gasteiger charge is 2.19. The molecule has 21 heavy (non-hydrogen) atoms. The molecule has 0 aliphatic heterocycles. The first kappa shape index (κ1) is 15.2. The van der Waals surface area contributed by atoms with Crippen LogP contribution in [0.2, 0.25) is 0 Å². The number of aromatic carboxylic acids is 1. The van der Waals surface area contributed by atoms with Crippen LogP contribution in [-0.4, -0.2) is 29.6 Å². The first-order valence-corrected chi connectivity index (χ1v) is 6.62. The number of halogens is 2. The van der Waals surface area contributed by atoms with Crippen LogP contribution in [0.1, 0.15) is 36.0 Å². The fourth-order valence-electron chi connectivity index (χ4n) is 2.30. The van der Waals surface area contributed by atoms with Gasteiger partial charge in [0, 0.05) is 6.04 Å². The van der Waals surface area contributed by atoms with E-state index < -0.39 is 41.4 Å². The average molecular weight is 299 g/mol. The Morgan fingerprint density at radius 2 is 1.81 bits per heavy atom. The number of carbonyl (C=O) groups is 2. The number of carbonyl (C=O) groups excluding carboxylic acids is 1. The minimum atomic E-state index is -1.45. The van der Waals surface area contributed by atoms with E-state index in [4.69, 9.17) is 9.84 Å². The minimum Gasteiger partial charge on any atom is -0.478 e. The molecule has 1 aliphatic rings. The van der Waals surface area contributed by atoms with Gasteiger partial charge in [0.05, 0.1) is 5.56 Å². The number of hydrogen-bond donors (Lipinski definition) is 2. The Labute approximate surface area is 119 Å². The molecule has 1 aliphatic carbocycles. The molecule has 0 radical (unpaired) electrons. The van der Waals surface area contributed by atoms with Crippen LogP contribution in [0, 0.1) is 11.6 Å². The highest BCUT2D eigenvalue weighted by molar-refractivity contribution is 5.87. The van der Waals surface area contributed by atoms with Gasteiger partial charge in [-0.25, -0.2) is 13.6 Å². The van der Waals surface area contributed by atoms with E-state index in [2.05, 4.69) is 5.32 Å². The van der Waals surface area contributed by atoms with Gasteiger partial charge in [-0.15, -0.1) is 0 Å². The molecule has 0 bridgehead atoms. The van der Waals surface area contributed by atoms with Gasteiger partial charge in [-0.2, -0.15) is 0 Å². The summed E-state index contributed by atoms with van der Waals surface area (Å²) in [6.07, 6.45) is 3.88. The molecule has 1 aromatic carbocycles. The summed E-state index contributed by atoms with van der Waals surface area (Å²) in [5, 5.41) is 11.4. The van der Waals surface area contributed by atoms with E-state index in [9.17, 15) is 18.4 Å². The molecule has 0 heterocycles. The lowest BCUT2D eigenvalue weighted by Crippen LogP contribution is -2.36. The number of ether oxygens (including phenoxy) is 1. The summed E-state index contributed by atoms with van der Waals surface area (Å²) in [5.41, 5.74) is -0.521. The number of carboxylic acid groups (broad SMARTS) is 1. The van der Waals surface area contributed by atoms with Crippen molar-refractivity contribution in [1.82, 2.24) is 5.32 Å². The molecular formula is C14H15F2NO4. The number of rotatable bonds is 5. The molecule has 5 nitrogen and oxygen atoms in total. The van der Waals surface area contributed by atoms with E-state index >= 15 is 0 Å². The third kappa shape index (κ3) is 3.90. The molecule has 2 N–H and O–H groups in total. The summed E-state index contributed by atoms with van der Waals surface area (Å²) in [6.45, 7) is -0.517. The molecule has 1 aromatic rings. The third-order valence-electron chi connectivity index (χ3n) is 3.31. The smallest absolute Gasteiger partial charge is 0.335 e. The Morgan fingerprint density at radius 1 is 1.24 bits per heavy atom. The highest BCUT2D eigenvalue weighted by Crippen LogP contribution is 2.23. The van der Waals surface area contributed by atoms with Gasteiger partial charge in [-0.3, -0.25) is 4.79 Å². The van der Waals surface area contributed by atoms with Crippen molar-refractivity contribution in [2.24, 2.45) is 0 Å². The second-order valence-electron chi connectivity index (χ2n) is 4.91. The lowest BCUT2D eigenvalue weighted by Gasteiger charge is -2.13. The van der Waals surface area contributed by atoms with Crippen molar-refractivity contribution in [2.75, 3.05) is 6.61 Å². The van der Waals surface area contributed by atoms with Gasteiger partial charge >= 0.3 is 5.97 Å². The van der Waals surface area contributed by atoms with Gasteiger partial charge in [0.2, 0.25) is 0 Å². The van der Waals surface area contributed by atoms with Crippen LogP contribution in [0.5, 0.6) is 5.75 Å². The summed E-state index contributed by atoms with van der Waals surface area (Å²) in [5.74, 6) is -4.95. The quantitative estimate of drug-likeness (QED) is 0.873. The van der Waals surface area contributed by atoms with Gasteiger partial charge in [-0.05, 0) is 25.0 Å². The molecule has 0 spiro atoms.